The Morgan fingerprint density at radius 3 is 2.60 bits per heavy atom. The molecule has 6 aliphatic rings. The first-order chi connectivity index (χ1) is 21.5. The molecule has 238 valence electrons. The van der Waals surface area contributed by atoms with Crippen molar-refractivity contribution in [1.82, 2.24) is 5.32 Å². The van der Waals surface area contributed by atoms with Crippen LogP contribution in [0.25, 0.3) is 0 Å². The Kier molecular flexibility index (Phi) is 6.92. The third-order valence-corrected chi connectivity index (χ3v) is 10.8. The zero-order chi connectivity index (χ0) is 31.9. The van der Waals surface area contributed by atoms with Gasteiger partial charge in [0.2, 0.25) is 6.29 Å². The van der Waals surface area contributed by atoms with Crippen LogP contribution in [0.5, 0.6) is 5.75 Å². The second-order valence-electron chi connectivity index (χ2n) is 13.2. The molecule has 1 saturated carbocycles. The quantitative estimate of drug-likeness (QED) is 0.238. The molecule has 8 N–H and O–H groups in total. The number of hydrogen-bond acceptors (Lipinski definition) is 11. The van der Waals surface area contributed by atoms with Crippen molar-refractivity contribution in [3.8, 4) is 5.75 Å². The van der Waals surface area contributed by atoms with Crippen LogP contribution in [-0.2, 0) is 4.74 Å². The molecule has 1 aromatic rings. The Balaban J connectivity index is 1.30. The minimum atomic E-state index is -2.26. The van der Waals surface area contributed by atoms with Gasteiger partial charge in [-0.1, -0.05) is 54.9 Å². The molecule has 11 nitrogen and oxygen atoms in total. The van der Waals surface area contributed by atoms with Gasteiger partial charge in [0.05, 0.1) is 29.8 Å². The van der Waals surface area contributed by atoms with Gasteiger partial charge >= 0.3 is 0 Å². The zero-order valence-electron chi connectivity index (χ0n) is 24.8. The second-order valence-corrected chi connectivity index (χ2v) is 13.2. The zero-order valence-corrected chi connectivity index (χ0v) is 24.8. The largest absolute Gasteiger partial charge is 0.511 e. The summed E-state index contributed by atoms with van der Waals surface area (Å²) in [6.07, 6.45) is 7.94. The number of ether oxygens (including phenoxy) is 2. The first-order valence-corrected chi connectivity index (χ1v) is 15.4. The van der Waals surface area contributed by atoms with E-state index < -0.39 is 65.3 Å². The fraction of sp³-hybridized carbons (Fsp3) is 0.471. The number of nitrogens with one attached hydrogen (secondary N) is 1. The first-order valence-electron chi connectivity index (χ1n) is 15.4. The lowest BCUT2D eigenvalue weighted by Gasteiger charge is -2.60. The fourth-order valence-electron chi connectivity index (χ4n) is 8.60. The molecule has 1 aromatic carbocycles. The maximum Gasteiger partial charge on any atom is 0.230 e. The Bertz CT molecular complexity index is 1620. The van der Waals surface area contributed by atoms with Gasteiger partial charge in [0.15, 0.2) is 11.6 Å². The number of carbonyl (C=O) groups is 2. The summed E-state index contributed by atoms with van der Waals surface area (Å²) >= 11 is 0. The first kappa shape index (κ1) is 29.9. The minimum absolute atomic E-state index is 0.0754. The summed E-state index contributed by atoms with van der Waals surface area (Å²) < 4.78 is 12.2. The summed E-state index contributed by atoms with van der Waals surface area (Å²) in [5.74, 6) is -3.56. The summed E-state index contributed by atoms with van der Waals surface area (Å²) in [6.45, 7) is 1.48. The second kappa shape index (κ2) is 10.4. The molecule has 0 spiro atoms. The number of aliphatic hydroxyl groups is 5. The van der Waals surface area contributed by atoms with E-state index in [1.807, 2.05) is 12.2 Å². The molecule has 2 aliphatic heterocycles. The highest BCUT2D eigenvalue weighted by atomic mass is 16.7. The molecule has 0 unspecified atom stereocenters. The number of benzene rings is 1. The van der Waals surface area contributed by atoms with Gasteiger partial charge < -0.3 is 46.1 Å². The van der Waals surface area contributed by atoms with Gasteiger partial charge in [-0.3, -0.25) is 9.59 Å². The number of ketones is 2. The monoisotopic (exact) mass is 618 g/mol. The van der Waals surface area contributed by atoms with Gasteiger partial charge in [0.1, 0.15) is 34.9 Å². The SMILES string of the molecule is CC1=C[C@@H]2C(=O)c3cccc(O[C@@H]4O[C@@]5(CO)C=C[C@@H](C6(C7=CCNC(N)=C7)CCCC6)[C@@](O)([C@H]4O)[C@@H]5O)c3C(=O)[C@@H]2C(O)=C1. The molecular formula is C34H38N2O9. The smallest absolute Gasteiger partial charge is 0.230 e. The van der Waals surface area contributed by atoms with Crippen LogP contribution >= 0.6 is 0 Å². The topological polar surface area (TPSA) is 192 Å². The molecule has 0 radical (unpaired) electrons. The molecule has 1 saturated heterocycles. The molecule has 2 fully saturated rings. The summed E-state index contributed by atoms with van der Waals surface area (Å²) in [6, 6.07) is 4.48. The van der Waals surface area contributed by atoms with Crippen molar-refractivity contribution in [1.29, 1.82) is 0 Å². The molecule has 8 atom stereocenters. The number of carbonyl (C=O) groups excluding carboxylic acids is 2. The molecule has 0 aromatic heterocycles. The lowest BCUT2D eigenvalue weighted by Crippen LogP contribution is -2.78. The summed E-state index contributed by atoms with van der Waals surface area (Å²) in [7, 11) is 0. The Labute approximate surface area is 260 Å². The Morgan fingerprint density at radius 2 is 1.89 bits per heavy atom. The maximum absolute atomic E-state index is 13.8. The molecule has 2 heterocycles. The average molecular weight is 619 g/mol. The standard InChI is InChI=1S/C34H38N2O9/c1-17-13-20-25(21(38)14-17)28(40)26-19(27(20)39)5-4-6-22(26)44-30-29(41)34(43)23(7-11-33(16-37,45-30)31(34)42)32(9-2-3-10-32)18-8-12-36-24(35)15-18/h4-8,11,13-15,20,23,25,29-31,36-38,41-43H,2-3,9-10,12,16,35H2,1H3/t20-,23-,25-,29-,30+,31+,33+,34+/m0/s1. The lowest BCUT2D eigenvalue weighted by molar-refractivity contribution is -0.355. The normalized spacial score (nSPS) is 38.2. The number of dihydropyridines is 1. The van der Waals surface area contributed by atoms with Crippen LogP contribution in [0.3, 0.4) is 0 Å². The summed E-state index contributed by atoms with van der Waals surface area (Å²) in [5, 5.41) is 60.4. The van der Waals surface area contributed by atoms with E-state index in [4.69, 9.17) is 15.2 Å². The number of nitrogens with two attached hydrogens (primary N) is 1. The number of aliphatic hydroxyl groups excluding tert-OH is 4. The van der Waals surface area contributed by atoms with E-state index in [-0.39, 0.29) is 28.4 Å². The molecule has 2 bridgehead atoms. The highest BCUT2D eigenvalue weighted by Crippen LogP contribution is 2.60. The average Bonchev–Trinajstić information content (AvgIpc) is 3.51. The Morgan fingerprint density at radius 1 is 1.13 bits per heavy atom. The molecule has 7 rings (SSSR count). The third-order valence-electron chi connectivity index (χ3n) is 10.8. The van der Waals surface area contributed by atoms with Crippen molar-refractivity contribution < 1.29 is 44.6 Å². The lowest BCUT2D eigenvalue weighted by atomic mass is 9.54. The van der Waals surface area contributed by atoms with Gasteiger partial charge in [0, 0.05) is 23.4 Å². The van der Waals surface area contributed by atoms with Crippen LogP contribution in [0, 0.1) is 23.2 Å². The van der Waals surface area contributed by atoms with Gasteiger partial charge in [-0.05, 0) is 43.6 Å². The Hall–Kier alpha value is -3.74. The number of Topliss-reactive ketones (excluding diaryl/α,β-unsaturated/α-hetero) is 2. The van der Waals surface area contributed by atoms with Crippen molar-refractivity contribution in [3.63, 3.8) is 0 Å². The van der Waals surface area contributed by atoms with Crippen LogP contribution < -0.4 is 15.8 Å². The van der Waals surface area contributed by atoms with Crippen LogP contribution in [0.1, 0.15) is 53.3 Å². The maximum atomic E-state index is 13.8. The molecule has 45 heavy (non-hydrogen) atoms. The van der Waals surface area contributed by atoms with Crippen LogP contribution in [-0.4, -0.2) is 80.0 Å². The highest BCUT2D eigenvalue weighted by Gasteiger charge is 2.70. The van der Waals surface area contributed by atoms with Crippen LogP contribution in [0.4, 0.5) is 0 Å². The number of allylic oxidation sites excluding steroid dienone is 6. The summed E-state index contributed by atoms with van der Waals surface area (Å²) in [4.78, 5) is 27.4. The van der Waals surface area contributed by atoms with E-state index >= 15 is 0 Å². The van der Waals surface area contributed by atoms with E-state index in [1.54, 1.807) is 19.1 Å². The van der Waals surface area contributed by atoms with Gasteiger partial charge in [0.25, 0.3) is 0 Å². The van der Waals surface area contributed by atoms with E-state index in [0.29, 0.717) is 30.8 Å². The highest BCUT2D eigenvalue weighted by molar-refractivity contribution is 6.19. The molecule has 11 heteroatoms. The third kappa shape index (κ3) is 4.14. The van der Waals surface area contributed by atoms with Crippen LogP contribution in [0.15, 0.2) is 77.4 Å². The number of hydrogen-bond donors (Lipinski definition) is 7. The summed E-state index contributed by atoms with van der Waals surface area (Å²) in [5.41, 5.74) is 2.93. The van der Waals surface area contributed by atoms with E-state index in [1.165, 1.54) is 30.4 Å². The molecule has 0 amide bonds. The van der Waals surface area contributed by atoms with Crippen molar-refractivity contribution >= 4 is 11.6 Å². The van der Waals surface area contributed by atoms with Gasteiger partial charge in [-0.25, -0.2) is 0 Å². The van der Waals surface area contributed by atoms with Crippen LogP contribution in [0.2, 0.25) is 0 Å². The van der Waals surface area contributed by atoms with E-state index in [0.717, 1.165) is 18.4 Å². The van der Waals surface area contributed by atoms with Gasteiger partial charge in [-0.15, -0.1) is 0 Å². The van der Waals surface area contributed by atoms with Crippen molar-refractivity contribution in [2.24, 2.45) is 28.9 Å². The van der Waals surface area contributed by atoms with Crippen molar-refractivity contribution in [2.45, 2.75) is 62.3 Å². The van der Waals surface area contributed by atoms with Gasteiger partial charge in [-0.2, -0.15) is 0 Å². The van der Waals surface area contributed by atoms with E-state index in [9.17, 15) is 35.1 Å². The molecule has 4 aliphatic carbocycles. The van der Waals surface area contributed by atoms with E-state index in [2.05, 4.69) is 5.32 Å². The predicted molar refractivity (Wildman–Crippen MR) is 161 cm³/mol. The predicted octanol–water partition coefficient (Wildman–Crippen LogP) is 1.70. The number of rotatable bonds is 5. The van der Waals surface area contributed by atoms with Crippen molar-refractivity contribution in [3.05, 3.63) is 88.5 Å². The fourth-order valence-corrected chi connectivity index (χ4v) is 8.60. The van der Waals surface area contributed by atoms with Crippen molar-refractivity contribution in [2.75, 3.05) is 13.2 Å². The number of fused-ring (bicyclic) bond motifs is 4. The minimum Gasteiger partial charge on any atom is -0.511 e. The molecular weight excluding hydrogens is 580 g/mol.